The lowest BCUT2D eigenvalue weighted by atomic mass is 10.4. The largest absolute Gasteiger partial charge is 0.383 e. The Morgan fingerprint density at radius 2 is 2.17 bits per heavy atom. The Morgan fingerprint density at radius 1 is 1.44 bits per heavy atom. The molecule has 6 heteroatoms. The fourth-order valence-electron chi connectivity index (χ4n) is 1.66. The van der Waals surface area contributed by atoms with Crippen LogP contribution in [-0.2, 0) is 10.0 Å². The molecule has 0 spiro atoms. The summed E-state index contributed by atoms with van der Waals surface area (Å²) in [5.74, 6) is 0. The Balaban J connectivity index is 2.25. The average molecular weight is 269 g/mol. The summed E-state index contributed by atoms with van der Waals surface area (Å²) >= 11 is 0. The van der Waals surface area contributed by atoms with Crippen LogP contribution in [-0.4, -0.2) is 25.5 Å². The van der Waals surface area contributed by atoms with E-state index in [2.05, 4.69) is 15.0 Å². The molecule has 1 aliphatic rings. The number of nitrogens with one attached hydrogen (secondary N) is 2. The minimum Gasteiger partial charge on any atom is -0.383 e. The van der Waals surface area contributed by atoms with Crippen LogP contribution < -0.4 is 10.0 Å². The molecule has 1 fully saturated rings. The monoisotopic (exact) mass is 269 g/mol. The van der Waals surface area contributed by atoms with Crippen molar-refractivity contribution in [1.82, 2.24) is 9.71 Å². The number of aromatic nitrogens is 1. The van der Waals surface area contributed by atoms with Gasteiger partial charge in [0.25, 0.3) is 10.0 Å². The molecular formula is C12H19N3O2S. The summed E-state index contributed by atoms with van der Waals surface area (Å²) in [7, 11) is -3.54. The van der Waals surface area contributed by atoms with Gasteiger partial charge in [-0.1, -0.05) is 6.92 Å². The van der Waals surface area contributed by atoms with E-state index in [1.807, 2.05) is 13.8 Å². The minimum absolute atomic E-state index is 0.0894. The zero-order valence-electron chi connectivity index (χ0n) is 10.7. The van der Waals surface area contributed by atoms with Crippen LogP contribution in [0.5, 0.6) is 0 Å². The lowest BCUT2D eigenvalue weighted by Crippen LogP contribution is -2.35. The predicted octanol–water partition coefficient (Wildman–Crippen LogP) is 1.73. The first kappa shape index (κ1) is 13.3. The van der Waals surface area contributed by atoms with E-state index >= 15 is 0 Å². The molecule has 100 valence electrons. The van der Waals surface area contributed by atoms with Crippen LogP contribution in [0.3, 0.4) is 0 Å². The van der Waals surface area contributed by atoms with Crippen molar-refractivity contribution in [2.45, 2.75) is 43.7 Å². The van der Waals surface area contributed by atoms with Gasteiger partial charge in [0.2, 0.25) is 0 Å². The molecule has 0 atom stereocenters. The van der Waals surface area contributed by atoms with Gasteiger partial charge < -0.3 is 5.32 Å². The van der Waals surface area contributed by atoms with Gasteiger partial charge in [0.1, 0.15) is 0 Å². The molecule has 18 heavy (non-hydrogen) atoms. The van der Waals surface area contributed by atoms with Gasteiger partial charge in [-0.15, -0.1) is 0 Å². The molecule has 5 nitrogen and oxygen atoms in total. The first-order chi connectivity index (χ1) is 8.47. The molecule has 0 bridgehead atoms. The number of sulfonamides is 1. The topological polar surface area (TPSA) is 71.1 Å². The van der Waals surface area contributed by atoms with E-state index in [0.29, 0.717) is 5.69 Å². The van der Waals surface area contributed by atoms with Gasteiger partial charge in [-0.25, -0.2) is 18.1 Å². The summed E-state index contributed by atoms with van der Waals surface area (Å²) < 4.78 is 27.2. The third-order valence-corrected chi connectivity index (χ3v) is 4.57. The quantitative estimate of drug-likeness (QED) is 0.825. The predicted molar refractivity (Wildman–Crippen MR) is 71.0 cm³/mol. The zero-order chi connectivity index (χ0) is 13.2. The fraction of sp³-hybridized carbons (Fsp3) is 0.583. The molecule has 2 rings (SSSR count). The highest BCUT2D eigenvalue weighted by molar-refractivity contribution is 7.89. The highest BCUT2D eigenvalue weighted by Gasteiger charge is 2.42. The Morgan fingerprint density at radius 3 is 2.78 bits per heavy atom. The zero-order valence-corrected chi connectivity index (χ0v) is 11.5. The molecule has 0 amide bonds. The number of rotatable bonds is 6. The average Bonchev–Trinajstić information content (AvgIpc) is 3.03. The number of hydrogen-bond donors (Lipinski definition) is 2. The van der Waals surface area contributed by atoms with Crippen molar-refractivity contribution in [3.63, 3.8) is 0 Å². The van der Waals surface area contributed by atoms with Gasteiger partial charge in [0.05, 0.1) is 5.69 Å². The highest BCUT2D eigenvalue weighted by Crippen LogP contribution is 2.36. The second-order valence-corrected chi connectivity index (χ2v) is 6.55. The minimum atomic E-state index is -3.54. The molecule has 1 aromatic rings. The van der Waals surface area contributed by atoms with E-state index in [1.54, 1.807) is 12.1 Å². The van der Waals surface area contributed by atoms with Crippen molar-refractivity contribution in [3.05, 3.63) is 18.3 Å². The molecular weight excluding hydrogens is 250 g/mol. The standard InChI is InChI=1S/C12H19N3O2S/c1-3-8-13-10-5-4-9-14-11(10)18(16,17)15-12(2)6-7-12/h4-5,9,13,15H,3,6-8H2,1-2H3. The van der Waals surface area contributed by atoms with Crippen LogP contribution in [0.1, 0.15) is 33.1 Å². The van der Waals surface area contributed by atoms with Gasteiger partial charge in [0, 0.05) is 18.3 Å². The van der Waals surface area contributed by atoms with Gasteiger partial charge in [-0.3, -0.25) is 0 Å². The van der Waals surface area contributed by atoms with Gasteiger partial charge >= 0.3 is 0 Å². The molecule has 1 aromatic heterocycles. The van der Waals surface area contributed by atoms with Gasteiger partial charge in [0.15, 0.2) is 5.03 Å². The number of nitrogens with zero attached hydrogens (tertiary/aromatic N) is 1. The smallest absolute Gasteiger partial charge is 0.260 e. The molecule has 0 aliphatic heterocycles. The maximum atomic E-state index is 12.3. The second kappa shape index (κ2) is 4.85. The van der Waals surface area contributed by atoms with Crippen LogP contribution >= 0.6 is 0 Å². The van der Waals surface area contributed by atoms with Gasteiger partial charge in [-0.05, 0) is 38.3 Å². The van der Waals surface area contributed by atoms with Crippen molar-refractivity contribution >= 4 is 15.7 Å². The van der Waals surface area contributed by atoms with E-state index < -0.39 is 10.0 Å². The highest BCUT2D eigenvalue weighted by atomic mass is 32.2. The van der Waals surface area contributed by atoms with Crippen LogP contribution in [0.4, 0.5) is 5.69 Å². The Labute approximate surface area is 108 Å². The van der Waals surface area contributed by atoms with Crippen molar-refractivity contribution in [2.24, 2.45) is 0 Å². The lowest BCUT2D eigenvalue weighted by Gasteiger charge is -2.14. The summed E-state index contributed by atoms with van der Waals surface area (Å²) in [6.07, 6.45) is 4.20. The molecule has 1 heterocycles. The fourth-order valence-corrected chi connectivity index (χ4v) is 3.24. The van der Waals surface area contributed by atoms with E-state index in [4.69, 9.17) is 0 Å². The van der Waals surface area contributed by atoms with Crippen LogP contribution in [0.15, 0.2) is 23.4 Å². The Bertz CT molecular complexity index is 524. The molecule has 2 N–H and O–H groups in total. The number of pyridine rings is 1. The van der Waals surface area contributed by atoms with E-state index in [-0.39, 0.29) is 10.6 Å². The third-order valence-electron chi connectivity index (χ3n) is 2.97. The second-order valence-electron chi connectivity index (χ2n) is 4.95. The maximum absolute atomic E-state index is 12.3. The van der Waals surface area contributed by atoms with Crippen LogP contribution in [0.2, 0.25) is 0 Å². The van der Waals surface area contributed by atoms with E-state index in [0.717, 1.165) is 25.8 Å². The van der Waals surface area contributed by atoms with E-state index in [1.165, 1.54) is 6.20 Å². The van der Waals surface area contributed by atoms with Crippen molar-refractivity contribution < 1.29 is 8.42 Å². The van der Waals surface area contributed by atoms with Crippen molar-refractivity contribution in [3.8, 4) is 0 Å². The molecule has 0 unspecified atom stereocenters. The Hall–Kier alpha value is -1.14. The summed E-state index contributed by atoms with van der Waals surface area (Å²) in [5.41, 5.74) is 0.286. The Kier molecular flexibility index (Phi) is 3.59. The summed E-state index contributed by atoms with van der Waals surface area (Å²) in [5, 5.41) is 3.18. The van der Waals surface area contributed by atoms with Gasteiger partial charge in [-0.2, -0.15) is 0 Å². The third kappa shape index (κ3) is 3.00. The normalized spacial score (nSPS) is 17.4. The molecule has 0 aromatic carbocycles. The number of hydrogen-bond acceptors (Lipinski definition) is 4. The summed E-state index contributed by atoms with van der Waals surface area (Å²) in [6.45, 7) is 4.67. The van der Waals surface area contributed by atoms with Crippen LogP contribution in [0, 0.1) is 0 Å². The lowest BCUT2D eigenvalue weighted by molar-refractivity contribution is 0.555. The molecule has 1 aliphatic carbocycles. The first-order valence-corrected chi connectivity index (χ1v) is 7.68. The molecule has 1 saturated carbocycles. The maximum Gasteiger partial charge on any atom is 0.260 e. The van der Waals surface area contributed by atoms with Crippen molar-refractivity contribution in [1.29, 1.82) is 0 Å². The summed E-state index contributed by atoms with van der Waals surface area (Å²) in [6, 6.07) is 3.47. The molecule has 0 radical (unpaired) electrons. The van der Waals surface area contributed by atoms with Crippen LogP contribution in [0.25, 0.3) is 0 Å². The molecule has 0 saturated heterocycles. The SMILES string of the molecule is CCCNc1cccnc1S(=O)(=O)NC1(C)CC1. The first-order valence-electron chi connectivity index (χ1n) is 6.20. The van der Waals surface area contributed by atoms with E-state index in [9.17, 15) is 8.42 Å². The van der Waals surface area contributed by atoms with Crippen molar-refractivity contribution in [2.75, 3.05) is 11.9 Å². The summed E-state index contributed by atoms with van der Waals surface area (Å²) in [4.78, 5) is 4.00. The number of anilines is 1.